The van der Waals surface area contributed by atoms with Crippen molar-refractivity contribution in [3.05, 3.63) is 69.2 Å². The molecule has 2 rings (SSSR count). The lowest BCUT2D eigenvalue weighted by Gasteiger charge is -2.21. The molecule has 0 fully saturated rings. The topological polar surface area (TPSA) is 32.3 Å². The second-order valence-corrected chi connectivity index (χ2v) is 6.94. The molecule has 5 heteroatoms. The Balaban J connectivity index is 2.18. The summed E-state index contributed by atoms with van der Waals surface area (Å²) in [6, 6.07) is 15.0. The number of nitrogens with one attached hydrogen (secondary N) is 1. The molecule has 2 aromatic carbocycles. The van der Waals surface area contributed by atoms with Crippen LogP contribution in [0.5, 0.6) is 0 Å². The normalized spacial score (nSPS) is 12.2. The summed E-state index contributed by atoms with van der Waals surface area (Å²) in [4.78, 5) is 14.7. The first-order valence-electron chi connectivity index (χ1n) is 7.43. The summed E-state index contributed by atoms with van der Waals surface area (Å²) < 4.78 is 0.792. The van der Waals surface area contributed by atoms with Crippen molar-refractivity contribution in [3.8, 4) is 0 Å². The first-order valence-corrected chi connectivity index (χ1v) is 8.60. The molecule has 0 bridgehead atoms. The van der Waals surface area contributed by atoms with E-state index in [9.17, 15) is 4.79 Å². The van der Waals surface area contributed by atoms with Gasteiger partial charge in [0.05, 0.1) is 11.6 Å². The van der Waals surface area contributed by atoms with E-state index in [4.69, 9.17) is 11.6 Å². The van der Waals surface area contributed by atoms with E-state index in [1.165, 1.54) is 0 Å². The maximum atomic E-state index is 12.6. The molecule has 0 aromatic heterocycles. The average Bonchev–Trinajstić information content (AvgIpc) is 2.52. The Morgan fingerprint density at radius 2 is 1.83 bits per heavy atom. The van der Waals surface area contributed by atoms with E-state index in [-0.39, 0.29) is 11.9 Å². The summed E-state index contributed by atoms with van der Waals surface area (Å²) in [5.74, 6) is -0.0869. The largest absolute Gasteiger partial charge is 0.345 e. The van der Waals surface area contributed by atoms with Crippen molar-refractivity contribution in [2.24, 2.45) is 0 Å². The molecule has 2 aromatic rings. The highest BCUT2D eigenvalue weighted by molar-refractivity contribution is 9.10. The third kappa shape index (κ3) is 5.34. The fourth-order valence-electron chi connectivity index (χ4n) is 2.29. The van der Waals surface area contributed by atoms with E-state index in [1.807, 2.05) is 62.6 Å². The van der Waals surface area contributed by atoms with Gasteiger partial charge >= 0.3 is 0 Å². The summed E-state index contributed by atoms with van der Waals surface area (Å²) in [5, 5.41) is 3.82. The minimum atomic E-state index is -0.0869. The molecule has 0 aliphatic heterocycles. The second-order valence-electron chi connectivity index (χ2n) is 5.65. The number of benzene rings is 2. The Morgan fingerprint density at radius 3 is 2.43 bits per heavy atom. The van der Waals surface area contributed by atoms with Crippen LogP contribution in [0, 0.1) is 0 Å². The predicted octanol–water partition coefficient (Wildman–Crippen LogP) is 4.53. The monoisotopic (exact) mass is 394 g/mol. The molecule has 0 aliphatic carbocycles. The lowest BCUT2D eigenvalue weighted by atomic mass is 10.0. The molecule has 0 radical (unpaired) electrons. The number of hydrogen-bond donors (Lipinski definition) is 1. The van der Waals surface area contributed by atoms with Crippen molar-refractivity contribution in [3.63, 3.8) is 0 Å². The van der Waals surface area contributed by atoms with E-state index in [0.29, 0.717) is 10.6 Å². The summed E-state index contributed by atoms with van der Waals surface area (Å²) in [7, 11) is 4.04. The van der Waals surface area contributed by atoms with Gasteiger partial charge in [-0.1, -0.05) is 35.9 Å². The third-order valence-corrected chi connectivity index (χ3v) is 4.50. The van der Waals surface area contributed by atoms with Crippen LogP contribution < -0.4 is 5.32 Å². The fourth-order valence-corrected chi connectivity index (χ4v) is 2.88. The van der Waals surface area contributed by atoms with Gasteiger partial charge in [0.25, 0.3) is 5.91 Å². The van der Waals surface area contributed by atoms with Crippen molar-refractivity contribution >= 4 is 33.4 Å². The maximum Gasteiger partial charge on any atom is 0.252 e. The van der Waals surface area contributed by atoms with E-state index >= 15 is 0 Å². The Bertz CT molecular complexity index is 658. The summed E-state index contributed by atoms with van der Waals surface area (Å²) in [6.07, 6.45) is 0.824. The van der Waals surface area contributed by atoms with Crippen molar-refractivity contribution < 1.29 is 4.79 Å². The Hall–Kier alpha value is -1.36. The standard InChI is InChI=1S/C18H20BrClN2O/c1-22(2)12-11-17(13-7-9-14(20)10-8-13)21-18(23)15-5-3-4-6-16(15)19/h3-10,17H,11-12H2,1-2H3,(H,21,23). The van der Waals surface area contributed by atoms with Crippen LogP contribution >= 0.6 is 27.5 Å². The predicted molar refractivity (Wildman–Crippen MR) is 99.0 cm³/mol. The van der Waals surface area contributed by atoms with Gasteiger partial charge in [0, 0.05) is 9.50 Å². The minimum Gasteiger partial charge on any atom is -0.345 e. The molecule has 3 nitrogen and oxygen atoms in total. The van der Waals surface area contributed by atoms with Gasteiger partial charge in [-0.2, -0.15) is 0 Å². The lowest BCUT2D eigenvalue weighted by molar-refractivity contribution is 0.0932. The highest BCUT2D eigenvalue weighted by atomic mass is 79.9. The average molecular weight is 396 g/mol. The van der Waals surface area contributed by atoms with Crippen LogP contribution in [-0.4, -0.2) is 31.4 Å². The van der Waals surface area contributed by atoms with Crippen molar-refractivity contribution in [2.75, 3.05) is 20.6 Å². The zero-order chi connectivity index (χ0) is 16.8. The van der Waals surface area contributed by atoms with Crippen LogP contribution in [0.4, 0.5) is 0 Å². The molecule has 1 amide bonds. The number of carbonyl (C=O) groups excluding carboxylic acids is 1. The highest BCUT2D eigenvalue weighted by Gasteiger charge is 2.17. The van der Waals surface area contributed by atoms with Gasteiger partial charge in [-0.25, -0.2) is 0 Å². The SMILES string of the molecule is CN(C)CCC(NC(=O)c1ccccc1Br)c1ccc(Cl)cc1. The Labute approximate surface area is 150 Å². The smallest absolute Gasteiger partial charge is 0.252 e. The molecule has 1 N–H and O–H groups in total. The van der Waals surface area contributed by atoms with Crippen LogP contribution in [0.2, 0.25) is 5.02 Å². The van der Waals surface area contributed by atoms with Crippen molar-refractivity contribution in [1.82, 2.24) is 10.2 Å². The number of halogens is 2. The van der Waals surface area contributed by atoms with Gasteiger partial charge in [-0.15, -0.1) is 0 Å². The van der Waals surface area contributed by atoms with Gasteiger partial charge in [-0.3, -0.25) is 4.79 Å². The maximum absolute atomic E-state index is 12.6. The zero-order valence-electron chi connectivity index (χ0n) is 13.2. The Kier molecular flexibility index (Phi) is 6.63. The molecular weight excluding hydrogens is 376 g/mol. The number of nitrogens with zero attached hydrogens (tertiary/aromatic N) is 1. The molecule has 122 valence electrons. The van der Waals surface area contributed by atoms with Crippen LogP contribution in [0.25, 0.3) is 0 Å². The molecule has 0 saturated heterocycles. The Morgan fingerprint density at radius 1 is 1.17 bits per heavy atom. The number of hydrogen-bond acceptors (Lipinski definition) is 2. The second kappa shape index (κ2) is 8.48. The number of carbonyl (C=O) groups is 1. The van der Waals surface area contributed by atoms with Gasteiger partial charge in [0.2, 0.25) is 0 Å². The molecule has 23 heavy (non-hydrogen) atoms. The third-order valence-electron chi connectivity index (χ3n) is 3.56. The summed E-state index contributed by atoms with van der Waals surface area (Å²) >= 11 is 9.39. The van der Waals surface area contributed by atoms with Gasteiger partial charge in [0.1, 0.15) is 0 Å². The van der Waals surface area contributed by atoms with E-state index in [2.05, 4.69) is 26.1 Å². The van der Waals surface area contributed by atoms with Crippen LogP contribution in [-0.2, 0) is 0 Å². The van der Waals surface area contributed by atoms with E-state index in [1.54, 1.807) is 0 Å². The van der Waals surface area contributed by atoms with Crippen LogP contribution in [0.1, 0.15) is 28.4 Å². The summed E-state index contributed by atoms with van der Waals surface area (Å²) in [5.41, 5.74) is 1.69. The van der Waals surface area contributed by atoms with E-state index in [0.717, 1.165) is 23.0 Å². The van der Waals surface area contributed by atoms with Crippen molar-refractivity contribution in [2.45, 2.75) is 12.5 Å². The van der Waals surface area contributed by atoms with Gasteiger partial charge in [-0.05, 0) is 72.8 Å². The minimum absolute atomic E-state index is 0.0609. The molecule has 0 saturated carbocycles. The molecule has 0 aliphatic rings. The van der Waals surface area contributed by atoms with Crippen molar-refractivity contribution in [1.29, 1.82) is 0 Å². The van der Waals surface area contributed by atoms with Crippen LogP contribution in [0.3, 0.4) is 0 Å². The zero-order valence-corrected chi connectivity index (χ0v) is 15.6. The number of amides is 1. The highest BCUT2D eigenvalue weighted by Crippen LogP contribution is 2.22. The first-order chi connectivity index (χ1) is 11.0. The van der Waals surface area contributed by atoms with Crippen LogP contribution in [0.15, 0.2) is 53.0 Å². The molecule has 0 spiro atoms. The molecule has 1 atom stereocenters. The molecular formula is C18H20BrClN2O. The lowest BCUT2D eigenvalue weighted by Crippen LogP contribution is -2.31. The summed E-state index contributed by atoms with van der Waals surface area (Å²) in [6.45, 7) is 0.879. The van der Waals surface area contributed by atoms with Gasteiger partial charge in [0.15, 0.2) is 0 Å². The number of rotatable bonds is 6. The first kappa shape index (κ1) is 18.0. The van der Waals surface area contributed by atoms with Gasteiger partial charge < -0.3 is 10.2 Å². The molecule has 0 heterocycles. The quantitative estimate of drug-likeness (QED) is 0.779. The van der Waals surface area contributed by atoms with E-state index < -0.39 is 0 Å². The molecule has 1 unspecified atom stereocenters. The fraction of sp³-hybridized carbons (Fsp3) is 0.278.